The van der Waals surface area contributed by atoms with Crippen molar-refractivity contribution in [3.63, 3.8) is 0 Å². The molecule has 1 amide bonds. The number of carbonyl (C=O) groups is 1. The van der Waals surface area contributed by atoms with Gasteiger partial charge in [-0.15, -0.1) is 0 Å². The Bertz CT molecular complexity index is 498. The molecule has 0 aromatic carbocycles. The highest BCUT2D eigenvalue weighted by Gasteiger charge is 2.05. The van der Waals surface area contributed by atoms with Crippen LogP contribution in [0.3, 0.4) is 0 Å². The number of pyridine rings is 1. The minimum absolute atomic E-state index is 0.127. The van der Waals surface area contributed by atoms with E-state index in [0.29, 0.717) is 12.1 Å². The first-order chi connectivity index (χ1) is 8.25. The molecular weight excluding hydrogens is 284 g/mol. The van der Waals surface area contributed by atoms with Gasteiger partial charge >= 0.3 is 0 Å². The summed E-state index contributed by atoms with van der Waals surface area (Å²) < 4.78 is 0.790. The number of hydrogen-bond donors (Lipinski definition) is 2. The van der Waals surface area contributed by atoms with E-state index in [4.69, 9.17) is 0 Å². The summed E-state index contributed by atoms with van der Waals surface area (Å²) in [5.74, 6) is -0.127. The number of carbonyl (C=O) groups excluding carboxylic acids is 1. The monoisotopic (exact) mass is 294 g/mol. The van der Waals surface area contributed by atoms with Gasteiger partial charge in [0, 0.05) is 41.7 Å². The first-order valence-electron chi connectivity index (χ1n) is 5.12. The van der Waals surface area contributed by atoms with Crippen molar-refractivity contribution < 1.29 is 4.79 Å². The number of halogens is 1. The molecule has 6 heteroatoms. The number of aromatic amines is 1. The Labute approximate surface area is 107 Å². The van der Waals surface area contributed by atoms with Crippen LogP contribution in [0.2, 0.25) is 0 Å². The van der Waals surface area contributed by atoms with Crippen molar-refractivity contribution >= 4 is 21.8 Å². The molecule has 5 nitrogen and oxygen atoms in total. The van der Waals surface area contributed by atoms with Crippen LogP contribution in [-0.4, -0.2) is 27.4 Å². The van der Waals surface area contributed by atoms with Gasteiger partial charge in [-0.3, -0.25) is 9.78 Å². The van der Waals surface area contributed by atoms with Crippen LogP contribution in [0.1, 0.15) is 16.1 Å². The van der Waals surface area contributed by atoms with Crippen LogP contribution < -0.4 is 5.32 Å². The number of rotatable bonds is 4. The van der Waals surface area contributed by atoms with Gasteiger partial charge in [-0.25, -0.2) is 4.98 Å². The summed E-state index contributed by atoms with van der Waals surface area (Å²) in [7, 11) is 0. The molecule has 88 valence electrons. The fourth-order valence-corrected chi connectivity index (χ4v) is 1.74. The highest BCUT2D eigenvalue weighted by atomic mass is 79.9. The lowest BCUT2D eigenvalue weighted by atomic mass is 10.2. The number of amides is 1. The molecule has 17 heavy (non-hydrogen) atoms. The van der Waals surface area contributed by atoms with Crippen LogP contribution in [0, 0.1) is 0 Å². The van der Waals surface area contributed by atoms with Crippen molar-refractivity contribution in [2.75, 3.05) is 6.54 Å². The molecule has 0 aliphatic carbocycles. The molecule has 2 N–H and O–H groups in total. The summed E-state index contributed by atoms with van der Waals surface area (Å²) in [5.41, 5.74) is 1.54. The van der Waals surface area contributed by atoms with Gasteiger partial charge < -0.3 is 10.3 Å². The SMILES string of the molecule is O=C(NCCc1cnc[nH]1)c1cncc(Br)c1. The van der Waals surface area contributed by atoms with Gasteiger partial charge in [-0.2, -0.15) is 0 Å². The Hall–Kier alpha value is -1.69. The minimum atomic E-state index is -0.127. The van der Waals surface area contributed by atoms with Crippen molar-refractivity contribution in [2.24, 2.45) is 0 Å². The predicted molar refractivity (Wildman–Crippen MR) is 66.6 cm³/mol. The average molecular weight is 295 g/mol. The summed E-state index contributed by atoms with van der Waals surface area (Å²) >= 11 is 3.27. The highest BCUT2D eigenvalue weighted by molar-refractivity contribution is 9.10. The Morgan fingerprint density at radius 1 is 1.35 bits per heavy atom. The topological polar surface area (TPSA) is 70.7 Å². The summed E-state index contributed by atoms with van der Waals surface area (Å²) in [4.78, 5) is 22.5. The molecule has 0 aliphatic rings. The highest BCUT2D eigenvalue weighted by Crippen LogP contribution is 2.09. The molecule has 2 heterocycles. The van der Waals surface area contributed by atoms with Gasteiger partial charge in [0.2, 0.25) is 0 Å². The molecule has 0 saturated carbocycles. The van der Waals surface area contributed by atoms with Crippen LogP contribution in [0.4, 0.5) is 0 Å². The second-order valence-corrected chi connectivity index (χ2v) is 4.39. The molecule has 0 saturated heterocycles. The fraction of sp³-hybridized carbons (Fsp3) is 0.182. The molecule has 0 unspecified atom stereocenters. The van der Waals surface area contributed by atoms with Crippen LogP contribution in [0.25, 0.3) is 0 Å². The average Bonchev–Trinajstić information content (AvgIpc) is 2.82. The second kappa shape index (κ2) is 5.58. The molecular formula is C11H11BrN4O. The smallest absolute Gasteiger partial charge is 0.252 e. The van der Waals surface area contributed by atoms with E-state index < -0.39 is 0 Å². The summed E-state index contributed by atoms with van der Waals surface area (Å²) in [6, 6.07) is 1.73. The molecule has 0 bridgehead atoms. The molecule has 2 aromatic heterocycles. The molecule has 2 rings (SSSR count). The largest absolute Gasteiger partial charge is 0.352 e. The quantitative estimate of drug-likeness (QED) is 0.899. The lowest BCUT2D eigenvalue weighted by molar-refractivity contribution is 0.0953. The molecule has 0 aliphatic heterocycles. The number of H-pyrrole nitrogens is 1. The molecule has 0 spiro atoms. The summed E-state index contributed by atoms with van der Waals surface area (Å²) in [6.45, 7) is 0.563. The zero-order valence-corrected chi connectivity index (χ0v) is 10.6. The van der Waals surface area contributed by atoms with E-state index in [9.17, 15) is 4.79 Å². The fourth-order valence-electron chi connectivity index (χ4n) is 1.37. The van der Waals surface area contributed by atoms with E-state index in [2.05, 4.69) is 36.2 Å². The first kappa shape index (κ1) is 11.8. The maximum absolute atomic E-state index is 11.7. The second-order valence-electron chi connectivity index (χ2n) is 3.47. The summed E-state index contributed by atoms with van der Waals surface area (Å²) in [5, 5.41) is 2.82. The Balaban J connectivity index is 1.85. The Morgan fingerprint density at radius 3 is 2.94 bits per heavy atom. The van der Waals surface area contributed by atoms with Gasteiger partial charge in [-0.1, -0.05) is 0 Å². The van der Waals surface area contributed by atoms with E-state index in [1.165, 1.54) is 6.20 Å². The number of nitrogens with zero attached hydrogens (tertiary/aromatic N) is 2. The van der Waals surface area contributed by atoms with Crippen molar-refractivity contribution in [1.29, 1.82) is 0 Å². The maximum atomic E-state index is 11.7. The third-order valence-corrected chi connectivity index (χ3v) is 2.64. The first-order valence-corrected chi connectivity index (χ1v) is 5.91. The lowest BCUT2D eigenvalue weighted by Gasteiger charge is -2.04. The van der Waals surface area contributed by atoms with E-state index in [1.54, 1.807) is 24.8 Å². The van der Waals surface area contributed by atoms with Crippen LogP contribution in [-0.2, 0) is 6.42 Å². The number of imidazole rings is 1. The molecule has 2 aromatic rings. The third kappa shape index (κ3) is 3.39. The minimum Gasteiger partial charge on any atom is -0.352 e. The van der Waals surface area contributed by atoms with Crippen molar-refractivity contribution in [2.45, 2.75) is 6.42 Å². The Kier molecular flexibility index (Phi) is 3.87. The van der Waals surface area contributed by atoms with Crippen molar-refractivity contribution in [1.82, 2.24) is 20.3 Å². The predicted octanol–water partition coefficient (Wildman–Crippen LogP) is 1.54. The zero-order valence-electron chi connectivity index (χ0n) is 8.98. The van der Waals surface area contributed by atoms with Gasteiger partial charge in [0.05, 0.1) is 11.9 Å². The van der Waals surface area contributed by atoms with E-state index in [-0.39, 0.29) is 5.91 Å². The van der Waals surface area contributed by atoms with Crippen LogP contribution >= 0.6 is 15.9 Å². The number of nitrogens with one attached hydrogen (secondary N) is 2. The van der Waals surface area contributed by atoms with Crippen LogP contribution in [0.5, 0.6) is 0 Å². The van der Waals surface area contributed by atoms with Gasteiger partial charge in [-0.05, 0) is 22.0 Å². The maximum Gasteiger partial charge on any atom is 0.252 e. The molecule has 0 atom stereocenters. The molecule has 0 fully saturated rings. The Morgan fingerprint density at radius 2 is 2.24 bits per heavy atom. The van der Waals surface area contributed by atoms with Gasteiger partial charge in [0.15, 0.2) is 0 Å². The van der Waals surface area contributed by atoms with E-state index in [0.717, 1.165) is 16.6 Å². The van der Waals surface area contributed by atoms with Gasteiger partial charge in [0.25, 0.3) is 5.91 Å². The number of aromatic nitrogens is 3. The van der Waals surface area contributed by atoms with Crippen molar-refractivity contribution in [3.05, 3.63) is 46.7 Å². The van der Waals surface area contributed by atoms with Gasteiger partial charge in [0.1, 0.15) is 0 Å². The standard InChI is InChI=1S/C11H11BrN4O/c12-9-3-8(4-13-5-9)11(17)15-2-1-10-6-14-7-16-10/h3-7H,1-2H2,(H,14,16)(H,15,17). The van der Waals surface area contributed by atoms with Crippen molar-refractivity contribution in [3.8, 4) is 0 Å². The number of hydrogen-bond acceptors (Lipinski definition) is 3. The lowest BCUT2D eigenvalue weighted by Crippen LogP contribution is -2.25. The van der Waals surface area contributed by atoms with E-state index >= 15 is 0 Å². The van der Waals surface area contributed by atoms with Crippen LogP contribution in [0.15, 0.2) is 35.5 Å². The van der Waals surface area contributed by atoms with E-state index in [1.807, 2.05) is 0 Å². The normalized spacial score (nSPS) is 10.2. The zero-order chi connectivity index (χ0) is 12.1. The molecule has 0 radical (unpaired) electrons. The third-order valence-electron chi connectivity index (χ3n) is 2.20. The summed E-state index contributed by atoms with van der Waals surface area (Å²) in [6.07, 6.45) is 7.27.